The largest absolute Gasteiger partial charge is 0.396 e. The SMILES string of the molecule is OC[C@@]12CC[C@@H](Br)[C@@H](C1)OC2. The first-order valence-electron chi connectivity index (χ1n) is 4.12. The molecule has 11 heavy (non-hydrogen) atoms. The maximum atomic E-state index is 9.16. The smallest absolute Gasteiger partial charge is 0.0707 e. The first-order chi connectivity index (χ1) is 5.26. The maximum Gasteiger partial charge on any atom is 0.0707 e. The van der Waals surface area contributed by atoms with Crippen LogP contribution in [0.25, 0.3) is 0 Å². The number of alkyl halides is 1. The van der Waals surface area contributed by atoms with Gasteiger partial charge in [0.05, 0.1) is 19.3 Å². The molecule has 1 heterocycles. The molecule has 3 heteroatoms. The molecular weight excluding hydrogens is 208 g/mol. The number of hydrogen-bond acceptors (Lipinski definition) is 2. The molecule has 1 aliphatic heterocycles. The monoisotopic (exact) mass is 220 g/mol. The van der Waals surface area contributed by atoms with Gasteiger partial charge in [0.25, 0.3) is 0 Å². The van der Waals surface area contributed by atoms with Crippen molar-refractivity contribution in [3.05, 3.63) is 0 Å². The van der Waals surface area contributed by atoms with Crippen LogP contribution in [0.2, 0.25) is 0 Å². The van der Waals surface area contributed by atoms with Crippen LogP contribution in [0.15, 0.2) is 0 Å². The minimum Gasteiger partial charge on any atom is -0.396 e. The fourth-order valence-electron chi connectivity index (χ4n) is 2.05. The van der Waals surface area contributed by atoms with E-state index in [1.807, 2.05) is 0 Å². The van der Waals surface area contributed by atoms with Gasteiger partial charge in [-0.2, -0.15) is 0 Å². The highest BCUT2D eigenvalue weighted by atomic mass is 79.9. The number of halogens is 1. The lowest BCUT2D eigenvalue weighted by Gasteiger charge is -2.30. The van der Waals surface area contributed by atoms with Crippen LogP contribution in [0.4, 0.5) is 0 Å². The van der Waals surface area contributed by atoms with Crippen molar-refractivity contribution >= 4 is 15.9 Å². The van der Waals surface area contributed by atoms with Gasteiger partial charge < -0.3 is 9.84 Å². The van der Waals surface area contributed by atoms with Gasteiger partial charge in [-0.25, -0.2) is 0 Å². The summed E-state index contributed by atoms with van der Waals surface area (Å²) >= 11 is 3.59. The maximum absolute atomic E-state index is 9.16. The number of aliphatic hydroxyl groups excluding tert-OH is 1. The van der Waals surface area contributed by atoms with Crippen LogP contribution in [0.1, 0.15) is 19.3 Å². The zero-order chi connectivity index (χ0) is 7.90. The molecule has 64 valence electrons. The molecule has 3 atom stereocenters. The predicted molar refractivity (Wildman–Crippen MR) is 45.8 cm³/mol. The minimum absolute atomic E-state index is 0.120. The zero-order valence-corrected chi connectivity index (χ0v) is 8.01. The second-order valence-electron chi connectivity index (χ2n) is 3.77. The fraction of sp³-hybridized carbons (Fsp3) is 1.00. The van der Waals surface area contributed by atoms with Crippen LogP contribution < -0.4 is 0 Å². The number of aliphatic hydroxyl groups is 1. The van der Waals surface area contributed by atoms with Crippen molar-refractivity contribution in [1.29, 1.82) is 0 Å². The zero-order valence-electron chi connectivity index (χ0n) is 6.42. The summed E-state index contributed by atoms with van der Waals surface area (Å²) < 4.78 is 5.58. The number of fused-ring (bicyclic) bond motifs is 2. The Morgan fingerprint density at radius 1 is 1.64 bits per heavy atom. The van der Waals surface area contributed by atoms with Crippen LogP contribution in [0.5, 0.6) is 0 Å². The Labute approximate surface area is 75.1 Å². The van der Waals surface area contributed by atoms with Crippen molar-refractivity contribution in [2.24, 2.45) is 5.41 Å². The minimum atomic E-state index is 0.120. The van der Waals surface area contributed by atoms with E-state index in [0.717, 1.165) is 25.9 Å². The second kappa shape index (κ2) is 2.71. The van der Waals surface area contributed by atoms with Crippen LogP contribution in [0.3, 0.4) is 0 Å². The Bertz CT molecular complexity index is 162. The lowest BCUT2D eigenvalue weighted by atomic mass is 9.76. The molecule has 2 bridgehead atoms. The van der Waals surface area contributed by atoms with Gasteiger partial charge in [0, 0.05) is 10.2 Å². The molecule has 1 saturated heterocycles. The number of rotatable bonds is 1. The highest BCUT2D eigenvalue weighted by molar-refractivity contribution is 9.09. The predicted octanol–water partition coefficient (Wildman–Crippen LogP) is 1.31. The highest BCUT2D eigenvalue weighted by Crippen LogP contribution is 2.45. The lowest BCUT2D eigenvalue weighted by Crippen LogP contribution is -2.33. The standard InChI is InChI=1S/C8H13BrO2/c9-6-1-2-8(4-10)3-7(6)11-5-8/h6-7,10H,1-5H2/t6-,7-,8-/m1/s1. The lowest BCUT2D eigenvalue weighted by molar-refractivity contribution is 0.0864. The van der Waals surface area contributed by atoms with E-state index in [9.17, 15) is 0 Å². The summed E-state index contributed by atoms with van der Waals surface area (Å²) in [5.41, 5.74) is 0.120. The number of hydrogen-bond donors (Lipinski definition) is 1. The van der Waals surface area contributed by atoms with Gasteiger partial charge in [0.2, 0.25) is 0 Å². The average Bonchev–Trinajstić information content (AvgIpc) is 2.40. The van der Waals surface area contributed by atoms with E-state index in [4.69, 9.17) is 9.84 Å². The molecule has 1 aliphatic carbocycles. The topological polar surface area (TPSA) is 29.5 Å². The van der Waals surface area contributed by atoms with E-state index in [2.05, 4.69) is 15.9 Å². The molecule has 2 rings (SSSR count). The summed E-state index contributed by atoms with van der Waals surface area (Å²) in [6.45, 7) is 1.06. The van der Waals surface area contributed by atoms with E-state index >= 15 is 0 Å². The molecule has 0 radical (unpaired) electrons. The third kappa shape index (κ3) is 1.23. The third-order valence-electron chi connectivity index (χ3n) is 2.93. The molecule has 2 aliphatic rings. The molecule has 0 unspecified atom stereocenters. The van der Waals surface area contributed by atoms with Gasteiger partial charge in [-0.1, -0.05) is 15.9 Å². The summed E-state index contributed by atoms with van der Waals surface area (Å²) in [5.74, 6) is 0. The van der Waals surface area contributed by atoms with Gasteiger partial charge in [-0.15, -0.1) is 0 Å². The molecule has 1 N–H and O–H groups in total. The van der Waals surface area contributed by atoms with Crippen molar-refractivity contribution in [3.63, 3.8) is 0 Å². The third-order valence-corrected chi connectivity index (χ3v) is 3.97. The van der Waals surface area contributed by atoms with Crippen LogP contribution in [-0.4, -0.2) is 29.3 Å². The van der Waals surface area contributed by atoms with Crippen LogP contribution in [-0.2, 0) is 4.74 Å². The van der Waals surface area contributed by atoms with E-state index in [0.29, 0.717) is 17.5 Å². The first kappa shape index (κ1) is 8.02. The van der Waals surface area contributed by atoms with Gasteiger partial charge in [0.1, 0.15) is 0 Å². The molecule has 0 aromatic heterocycles. The quantitative estimate of drug-likeness (QED) is 0.676. The van der Waals surface area contributed by atoms with E-state index in [1.54, 1.807) is 0 Å². The van der Waals surface area contributed by atoms with Crippen molar-refractivity contribution in [2.45, 2.75) is 30.2 Å². The van der Waals surface area contributed by atoms with Crippen molar-refractivity contribution in [1.82, 2.24) is 0 Å². The van der Waals surface area contributed by atoms with E-state index in [1.165, 1.54) is 0 Å². The summed E-state index contributed by atoms with van der Waals surface area (Å²) in [5, 5.41) is 9.16. The molecule has 0 aromatic carbocycles. The molecule has 1 saturated carbocycles. The van der Waals surface area contributed by atoms with Gasteiger partial charge in [-0.05, 0) is 19.3 Å². The normalized spacial score (nSPS) is 49.6. The Morgan fingerprint density at radius 3 is 3.18 bits per heavy atom. The van der Waals surface area contributed by atoms with Crippen molar-refractivity contribution < 1.29 is 9.84 Å². The summed E-state index contributed by atoms with van der Waals surface area (Å²) in [6.07, 6.45) is 3.65. The molecular formula is C8H13BrO2. The average molecular weight is 221 g/mol. The fourth-order valence-corrected chi connectivity index (χ4v) is 2.62. The highest BCUT2D eigenvalue weighted by Gasteiger charge is 2.46. The van der Waals surface area contributed by atoms with Crippen LogP contribution >= 0.6 is 15.9 Å². The second-order valence-corrected chi connectivity index (χ2v) is 4.94. The van der Waals surface area contributed by atoms with Gasteiger partial charge in [-0.3, -0.25) is 0 Å². The van der Waals surface area contributed by atoms with Crippen molar-refractivity contribution in [3.8, 4) is 0 Å². The van der Waals surface area contributed by atoms with Crippen molar-refractivity contribution in [2.75, 3.05) is 13.2 Å². The Kier molecular flexibility index (Phi) is 1.98. The van der Waals surface area contributed by atoms with E-state index < -0.39 is 0 Å². The molecule has 0 aromatic rings. The molecule has 2 fully saturated rings. The van der Waals surface area contributed by atoms with Gasteiger partial charge in [0.15, 0.2) is 0 Å². The van der Waals surface area contributed by atoms with Crippen LogP contribution in [0, 0.1) is 5.41 Å². The number of ether oxygens (including phenoxy) is 1. The Hall–Kier alpha value is 0.400. The Balaban J connectivity index is 2.10. The molecule has 0 amide bonds. The summed E-state index contributed by atoms with van der Waals surface area (Å²) in [4.78, 5) is 0.518. The molecule has 2 nitrogen and oxygen atoms in total. The van der Waals surface area contributed by atoms with E-state index in [-0.39, 0.29) is 5.41 Å². The summed E-state index contributed by atoms with van der Waals surface area (Å²) in [7, 11) is 0. The Morgan fingerprint density at radius 2 is 2.45 bits per heavy atom. The van der Waals surface area contributed by atoms with Gasteiger partial charge >= 0.3 is 0 Å². The molecule has 0 spiro atoms. The first-order valence-corrected chi connectivity index (χ1v) is 5.04. The summed E-state index contributed by atoms with van der Waals surface area (Å²) in [6, 6.07) is 0.